The van der Waals surface area contributed by atoms with Crippen molar-refractivity contribution in [3.05, 3.63) is 35.6 Å². The van der Waals surface area contributed by atoms with Gasteiger partial charge in [0.1, 0.15) is 5.82 Å². The Balaban J connectivity index is 0.00000144. The third kappa shape index (κ3) is 3.98. The molecule has 1 aromatic carbocycles. The fourth-order valence-electron chi connectivity index (χ4n) is 1.80. The lowest BCUT2D eigenvalue weighted by atomic mass is 10.1. The van der Waals surface area contributed by atoms with Crippen LogP contribution in [0.4, 0.5) is 4.39 Å². The lowest BCUT2D eigenvalue weighted by Crippen LogP contribution is -2.46. The smallest absolute Gasteiger partial charge is 0.227 e. The summed E-state index contributed by atoms with van der Waals surface area (Å²) in [6.45, 7) is 3.24. The zero-order valence-corrected chi connectivity index (χ0v) is 10.3. The minimum absolute atomic E-state index is 0. The summed E-state index contributed by atoms with van der Waals surface area (Å²) in [4.78, 5) is 13.7. The molecule has 0 unspecified atom stereocenters. The maximum absolute atomic E-state index is 12.7. The van der Waals surface area contributed by atoms with Gasteiger partial charge in [-0.1, -0.05) is 12.1 Å². The molecular formula is C12H16ClFN2O. The van der Waals surface area contributed by atoms with Crippen molar-refractivity contribution >= 4 is 18.3 Å². The van der Waals surface area contributed by atoms with Gasteiger partial charge in [0, 0.05) is 26.2 Å². The minimum atomic E-state index is -0.265. The summed E-state index contributed by atoms with van der Waals surface area (Å²) < 4.78 is 12.7. The topological polar surface area (TPSA) is 32.3 Å². The molecule has 0 aromatic heterocycles. The molecule has 17 heavy (non-hydrogen) atoms. The van der Waals surface area contributed by atoms with Crippen LogP contribution in [-0.4, -0.2) is 37.0 Å². The molecule has 1 fully saturated rings. The molecule has 1 aromatic rings. The van der Waals surface area contributed by atoms with E-state index in [9.17, 15) is 9.18 Å². The molecule has 0 saturated carbocycles. The Labute approximate surface area is 106 Å². The van der Waals surface area contributed by atoms with E-state index in [1.807, 2.05) is 4.90 Å². The van der Waals surface area contributed by atoms with E-state index in [-0.39, 0.29) is 24.1 Å². The summed E-state index contributed by atoms with van der Waals surface area (Å²) >= 11 is 0. The Morgan fingerprint density at radius 1 is 1.24 bits per heavy atom. The molecule has 1 N–H and O–H groups in total. The number of hydrogen-bond donors (Lipinski definition) is 1. The van der Waals surface area contributed by atoms with Gasteiger partial charge in [-0.05, 0) is 17.7 Å². The van der Waals surface area contributed by atoms with Crippen LogP contribution in [0.15, 0.2) is 24.3 Å². The standard InChI is InChI=1S/C12H15FN2O.ClH/c13-11-3-1-10(2-4-11)9-12(16)15-7-5-14-6-8-15;/h1-4,14H,5-9H2;1H. The molecule has 0 atom stereocenters. The summed E-state index contributed by atoms with van der Waals surface area (Å²) in [6, 6.07) is 6.10. The summed E-state index contributed by atoms with van der Waals surface area (Å²) in [5.74, 6) is -0.147. The van der Waals surface area contributed by atoms with Gasteiger partial charge in [-0.25, -0.2) is 4.39 Å². The van der Waals surface area contributed by atoms with Gasteiger partial charge in [0.25, 0.3) is 0 Å². The average molecular weight is 259 g/mol. The molecule has 94 valence electrons. The Morgan fingerprint density at radius 3 is 2.41 bits per heavy atom. The molecular weight excluding hydrogens is 243 g/mol. The highest BCUT2D eigenvalue weighted by atomic mass is 35.5. The normalized spacial score (nSPS) is 15.2. The number of halogens is 2. The molecule has 0 bridgehead atoms. The Hall–Kier alpha value is -1.13. The average Bonchev–Trinajstić information content (AvgIpc) is 2.33. The van der Waals surface area contributed by atoms with Gasteiger partial charge in [0.05, 0.1) is 6.42 Å². The summed E-state index contributed by atoms with van der Waals surface area (Å²) in [5.41, 5.74) is 0.866. The van der Waals surface area contributed by atoms with Crippen molar-refractivity contribution < 1.29 is 9.18 Å². The maximum Gasteiger partial charge on any atom is 0.227 e. The largest absolute Gasteiger partial charge is 0.340 e. The van der Waals surface area contributed by atoms with E-state index in [2.05, 4.69) is 5.32 Å². The number of nitrogens with zero attached hydrogens (tertiary/aromatic N) is 1. The zero-order valence-electron chi connectivity index (χ0n) is 9.49. The van der Waals surface area contributed by atoms with E-state index in [0.717, 1.165) is 31.7 Å². The van der Waals surface area contributed by atoms with Gasteiger partial charge in [-0.2, -0.15) is 0 Å². The van der Waals surface area contributed by atoms with E-state index in [0.29, 0.717) is 6.42 Å². The molecule has 1 aliphatic heterocycles. The van der Waals surface area contributed by atoms with Crippen LogP contribution in [0, 0.1) is 5.82 Å². The number of hydrogen-bond acceptors (Lipinski definition) is 2. The zero-order chi connectivity index (χ0) is 11.4. The van der Waals surface area contributed by atoms with Crippen LogP contribution in [0.25, 0.3) is 0 Å². The number of amides is 1. The maximum atomic E-state index is 12.7. The summed E-state index contributed by atoms with van der Waals surface area (Å²) in [5, 5.41) is 3.20. The molecule has 5 heteroatoms. The van der Waals surface area contributed by atoms with E-state index in [4.69, 9.17) is 0 Å². The second kappa shape index (κ2) is 6.57. The lowest BCUT2D eigenvalue weighted by molar-refractivity contribution is -0.131. The lowest BCUT2D eigenvalue weighted by Gasteiger charge is -2.27. The monoisotopic (exact) mass is 258 g/mol. The molecule has 1 amide bonds. The SMILES string of the molecule is Cl.O=C(Cc1ccc(F)cc1)N1CCNCC1. The number of piperazine rings is 1. The molecule has 0 spiro atoms. The van der Waals surface area contributed by atoms with Crippen LogP contribution in [0.5, 0.6) is 0 Å². The van der Waals surface area contributed by atoms with Crippen molar-refractivity contribution in [2.24, 2.45) is 0 Å². The predicted octanol–water partition coefficient (Wildman–Crippen LogP) is 1.22. The number of benzene rings is 1. The molecule has 1 aliphatic rings. The molecule has 2 rings (SSSR count). The second-order valence-corrected chi connectivity index (χ2v) is 3.93. The van der Waals surface area contributed by atoms with Crippen molar-refractivity contribution in [1.82, 2.24) is 10.2 Å². The van der Waals surface area contributed by atoms with Crippen LogP contribution < -0.4 is 5.32 Å². The Morgan fingerprint density at radius 2 is 1.82 bits per heavy atom. The van der Waals surface area contributed by atoms with Crippen molar-refractivity contribution in [1.29, 1.82) is 0 Å². The van der Waals surface area contributed by atoms with E-state index in [1.54, 1.807) is 12.1 Å². The van der Waals surface area contributed by atoms with Gasteiger partial charge in [-0.15, -0.1) is 12.4 Å². The summed E-state index contributed by atoms with van der Waals surface area (Å²) in [7, 11) is 0. The number of carbonyl (C=O) groups excluding carboxylic acids is 1. The number of nitrogens with one attached hydrogen (secondary N) is 1. The van der Waals surface area contributed by atoms with Crippen LogP contribution in [0.2, 0.25) is 0 Å². The molecule has 1 heterocycles. The first-order valence-electron chi connectivity index (χ1n) is 5.48. The van der Waals surface area contributed by atoms with Gasteiger partial charge in [0.2, 0.25) is 5.91 Å². The van der Waals surface area contributed by atoms with E-state index < -0.39 is 0 Å². The van der Waals surface area contributed by atoms with Crippen LogP contribution >= 0.6 is 12.4 Å². The number of carbonyl (C=O) groups is 1. The summed E-state index contributed by atoms with van der Waals surface area (Å²) in [6.07, 6.45) is 0.361. The van der Waals surface area contributed by atoms with Gasteiger partial charge in [-0.3, -0.25) is 4.79 Å². The van der Waals surface area contributed by atoms with Gasteiger partial charge in [0.15, 0.2) is 0 Å². The Kier molecular flexibility index (Phi) is 5.38. The van der Waals surface area contributed by atoms with Gasteiger partial charge >= 0.3 is 0 Å². The molecule has 0 radical (unpaired) electrons. The van der Waals surface area contributed by atoms with Crippen molar-refractivity contribution in [3.63, 3.8) is 0 Å². The first-order chi connectivity index (χ1) is 7.75. The number of rotatable bonds is 2. The molecule has 0 aliphatic carbocycles. The highest BCUT2D eigenvalue weighted by Crippen LogP contribution is 2.06. The van der Waals surface area contributed by atoms with Crippen molar-refractivity contribution in [3.8, 4) is 0 Å². The van der Waals surface area contributed by atoms with Crippen LogP contribution in [-0.2, 0) is 11.2 Å². The highest BCUT2D eigenvalue weighted by Gasteiger charge is 2.15. The van der Waals surface area contributed by atoms with Gasteiger partial charge < -0.3 is 10.2 Å². The predicted molar refractivity (Wildman–Crippen MR) is 66.8 cm³/mol. The third-order valence-corrected chi connectivity index (χ3v) is 2.74. The molecule has 3 nitrogen and oxygen atoms in total. The third-order valence-electron chi connectivity index (χ3n) is 2.74. The van der Waals surface area contributed by atoms with Crippen LogP contribution in [0.1, 0.15) is 5.56 Å². The Bertz CT molecular complexity index is 363. The quantitative estimate of drug-likeness (QED) is 0.865. The fourth-order valence-corrected chi connectivity index (χ4v) is 1.80. The highest BCUT2D eigenvalue weighted by molar-refractivity contribution is 5.85. The minimum Gasteiger partial charge on any atom is -0.340 e. The van der Waals surface area contributed by atoms with Crippen molar-refractivity contribution in [2.75, 3.05) is 26.2 Å². The van der Waals surface area contributed by atoms with E-state index >= 15 is 0 Å². The first kappa shape index (κ1) is 13.9. The molecule has 1 saturated heterocycles. The second-order valence-electron chi connectivity index (χ2n) is 3.93. The fraction of sp³-hybridized carbons (Fsp3) is 0.417. The van der Waals surface area contributed by atoms with E-state index in [1.165, 1.54) is 12.1 Å². The van der Waals surface area contributed by atoms with Crippen molar-refractivity contribution in [2.45, 2.75) is 6.42 Å². The van der Waals surface area contributed by atoms with Crippen LogP contribution in [0.3, 0.4) is 0 Å². The first-order valence-corrected chi connectivity index (χ1v) is 5.48.